The maximum absolute atomic E-state index is 14.7. The van der Waals surface area contributed by atoms with Crippen molar-refractivity contribution in [3.8, 4) is 22.5 Å². The molecule has 0 amide bonds. The summed E-state index contributed by atoms with van der Waals surface area (Å²) < 4.78 is 43.5. The summed E-state index contributed by atoms with van der Waals surface area (Å²) in [6, 6.07) is 36.7. The summed E-state index contributed by atoms with van der Waals surface area (Å²) in [7, 11) is 0. The van der Waals surface area contributed by atoms with Gasteiger partial charge in [0.2, 0.25) is 5.71 Å². The molecule has 227 valence electrons. The quantitative estimate of drug-likeness (QED) is 0.167. The maximum atomic E-state index is 14.7. The molecule has 4 nitrogen and oxygen atoms in total. The van der Waals surface area contributed by atoms with E-state index in [1.54, 1.807) is 24.4 Å². The molecule has 0 N–H and O–H groups in total. The molecule has 7 aromatic rings. The van der Waals surface area contributed by atoms with Gasteiger partial charge < -0.3 is 14.4 Å². The Bertz CT molecular complexity index is 2110. The van der Waals surface area contributed by atoms with E-state index in [1.165, 1.54) is 17.8 Å². The largest absolute Gasteiger partial charge is 0.486 e. The van der Waals surface area contributed by atoms with Gasteiger partial charge in [-0.25, -0.2) is 9.37 Å². The Hall–Kier alpha value is -4.51. The molecule has 45 heavy (non-hydrogen) atoms. The normalized spacial score (nSPS) is 12.4. The third kappa shape index (κ3) is 7.25. The number of aryl methyl sites for hydroxylation is 1. The molecule has 3 aromatic carbocycles. The fourth-order valence-electron chi connectivity index (χ4n) is 4.98. The molecule has 7 rings (SSSR count). The smallest absolute Gasteiger partial charge is 0.216 e. The van der Waals surface area contributed by atoms with Crippen LogP contribution >= 0.6 is 0 Å². The molecule has 0 aliphatic heterocycles. The molecule has 0 atom stereocenters. The van der Waals surface area contributed by atoms with Gasteiger partial charge in [0.1, 0.15) is 5.82 Å². The predicted molar refractivity (Wildman–Crippen MR) is 175 cm³/mol. The summed E-state index contributed by atoms with van der Waals surface area (Å²) in [4.78, 5) is 12.7. The average molecular weight is 773 g/mol. The topological polar surface area (TPSA) is 51.8 Å². The number of fused-ring (bicyclic) bond motifs is 3. The molecule has 0 saturated heterocycles. The van der Waals surface area contributed by atoms with E-state index in [-0.39, 0.29) is 42.7 Å². The number of hydrogen-bond donors (Lipinski definition) is 0. The summed E-state index contributed by atoms with van der Waals surface area (Å²) in [6.45, 7) is 4.14. The number of nitrogens with zero attached hydrogens (tertiary/aromatic N) is 3. The summed E-state index contributed by atoms with van der Waals surface area (Å²) in [5, 5.41) is 1.47. The zero-order valence-electron chi connectivity index (χ0n) is 28.1. The van der Waals surface area contributed by atoms with Gasteiger partial charge in [-0.05, 0) is 65.0 Å². The molecular weight excluding hydrogens is 738 g/mol. The van der Waals surface area contributed by atoms with Gasteiger partial charge in [-0.3, -0.25) is 0 Å². The Kier molecular flexibility index (Phi) is 8.49. The first-order valence-electron chi connectivity index (χ1n) is 15.8. The van der Waals surface area contributed by atoms with E-state index in [0.29, 0.717) is 34.2 Å². The number of furan rings is 1. The Balaban J connectivity index is 0.000000291. The van der Waals surface area contributed by atoms with Gasteiger partial charge >= 0.3 is 0 Å². The Morgan fingerprint density at radius 3 is 2.38 bits per heavy atom. The van der Waals surface area contributed by atoms with E-state index in [9.17, 15) is 4.39 Å². The van der Waals surface area contributed by atoms with Gasteiger partial charge in [-0.2, -0.15) is 0 Å². The van der Waals surface area contributed by atoms with E-state index in [0.717, 1.165) is 22.2 Å². The summed E-state index contributed by atoms with van der Waals surface area (Å²) in [6.07, 6.45) is 3.43. The molecular formula is C39H32FIrN3O-2. The molecule has 0 saturated carbocycles. The summed E-state index contributed by atoms with van der Waals surface area (Å²) in [5.41, 5.74) is 6.57. The van der Waals surface area contributed by atoms with Crippen molar-refractivity contribution in [2.75, 3.05) is 0 Å². The van der Waals surface area contributed by atoms with Gasteiger partial charge in [-0.1, -0.05) is 74.2 Å². The Labute approximate surface area is 281 Å². The summed E-state index contributed by atoms with van der Waals surface area (Å²) in [5.74, 6) is -0.380. The van der Waals surface area contributed by atoms with E-state index >= 15 is 0 Å². The van der Waals surface area contributed by atoms with Gasteiger partial charge in [0.15, 0.2) is 0 Å². The predicted octanol–water partition coefficient (Wildman–Crippen LogP) is 9.73. The molecule has 0 fully saturated rings. The van der Waals surface area contributed by atoms with Crippen molar-refractivity contribution in [1.29, 1.82) is 0 Å². The SMILES string of the molecule is [2H]C([2H])([2H])c1ccc2c(n1)oc1c(-c3cc(Cc4ccc(C(C)(C)C)cc4)c(F)cn3)[c-]ccc12.[Ir].[c-]1ccccc1-c1ccccn1. The zero-order valence-corrected chi connectivity index (χ0v) is 27.5. The van der Waals surface area contributed by atoms with E-state index in [2.05, 4.69) is 60.0 Å². The molecule has 1 radical (unpaired) electrons. The Morgan fingerprint density at radius 2 is 1.67 bits per heavy atom. The maximum Gasteiger partial charge on any atom is 0.216 e. The molecule has 6 heteroatoms. The molecule has 0 aliphatic carbocycles. The third-order valence-corrected chi connectivity index (χ3v) is 7.35. The van der Waals surface area contributed by atoms with E-state index < -0.39 is 6.85 Å². The third-order valence-electron chi connectivity index (χ3n) is 7.35. The minimum absolute atomic E-state index is 0. The van der Waals surface area contributed by atoms with Crippen molar-refractivity contribution in [1.82, 2.24) is 15.0 Å². The van der Waals surface area contributed by atoms with Gasteiger partial charge in [0, 0.05) is 41.5 Å². The second-order valence-corrected chi connectivity index (χ2v) is 11.5. The van der Waals surface area contributed by atoms with Crippen LogP contribution in [0.1, 0.15) is 47.3 Å². The minimum Gasteiger partial charge on any atom is -0.486 e. The van der Waals surface area contributed by atoms with Gasteiger partial charge in [-0.15, -0.1) is 54.1 Å². The van der Waals surface area contributed by atoms with Crippen LogP contribution in [0, 0.1) is 24.8 Å². The molecule has 4 aromatic heterocycles. The first-order chi connectivity index (χ1) is 22.5. The first-order valence-corrected chi connectivity index (χ1v) is 14.3. The number of benzene rings is 3. The van der Waals surface area contributed by atoms with Crippen molar-refractivity contribution in [3.05, 3.63) is 150 Å². The summed E-state index contributed by atoms with van der Waals surface area (Å²) >= 11 is 0. The van der Waals surface area contributed by atoms with Crippen LogP contribution in [0.4, 0.5) is 4.39 Å². The molecule has 0 unspecified atom stereocenters. The van der Waals surface area contributed by atoms with Crippen molar-refractivity contribution in [2.24, 2.45) is 0 Å². The van der Waals surface area contributed by atoms with E-state index in [4.69, 9.17) is 8.53 Å². The van der Waals surface area contributed by atoms with Crippen LogP contribution in [0.3, 0.4) is 0 Å². The minimum atomic E-state index is -2.33. The average Bonchev–Trinajstić information content (AvgIpc) is 3.45. The van der Waals surface area contributed by atoms with Crippen LogP contribution in [0.25, 0.3) is 44.6 Å². The van der Waals surface area contributed by atoms with E-state index in [1.807, 2.05) is 60.7 Å². The molecule has 4 heterocycles. The zero-order chi connectivity index (χ0) is 33.2. The molecule has 0 bridgehead atoms. The van der Waals surface area contributed by atoms with Crippen molar-refractivity contribution >= 4 is 22.1 Å². The number of aromatic nitrogens is 3. The first kappa shape index (κ1) is 28.0. The van der Waals surface area contributed by atoms with Crippen LogP contribution in [0.15, 0.2) is 114 Å². The van der Waals surface area contributed by atoms with Crippen LogP contribution < -0.4 is 0 Å². The number of pyridine rings is 3. The number of halogens is 1. The molecule has 0 aliphatic rings. The van der Waals surface area contributed by atoms with Gasteiger partial charge in [0.05, 0.1) is 11.8 Å². The fourth-order valence-corrected chi connectivity index (χ4v) is 4.98. The van der Waals surface area contributed by atoms with Crippen LogP contribution in [0.5, 0.6) is 0 Å². The van der Waals surface area contributed by atoms with Crippen molar-refractivity contribution in [2.45, 2.75) is 39.5 Å². The monoisotopic (exact) mass is 773 g/mol. The molecule has 0 spiro atoms. The second kappa shape index (κ2) is 13.6. The number of rotatable bonds is 4. The number of hydrogen-bond acceptors (Lipinski definition) is 4. The van der Waals surface area contributed by atoms with Crippen LogP contribution in [-0.4, -0.2) is 15.0 Å². The van der Waals surface area contributed by atoms with Gasteiger partial charge in [0.25, 0.3) is 0 Å². The second-order valence-electron chi connectivity index (χ2n) is 11.5. The van der Waals surface area contributed by atoms with Crippen molar-refractivity contribution < 1.29 is 33.0 Å². The van der Waals surface area contributed by atoms with Crippen LogP contribution in [-0.2, 0) is 31.9 Å². The standard InChI is InChI=1S/C28H24FN2O.C11H8N.Ir/c1-17-8-13-22-21-6-5-7-23(26(21)32-27(22)31-17)25-15-19(24(29)16-30-25)14-18-9-11-20(12-10-18)28(2,3)4;1-2-6-10(7-3-1)11-8-4-5-9-12-11;/h5-6,8-13,15-16H,14H2,1-4H3;1-6,8-9H;/q2*-1;/i1D3;;. The fraction of sp³-hybridized carbons (Fsp3) is 0.154. The Morgan fingerprint density at radius 1 is 0.844 bits per heavy atom. The van der Waals surface area contributed by atoms with Crippen LogP contribution in [0.2, 0.25) is 0 Å². The van der Waals surface area contributed by atoms with Crippen molar-refractivity contribution in [3.63, 3.8) is 0 Å².